The van der Waals surface area contributed by atoms with Gasteiger partial charge in [0.15, 0.2) is 9.84 Å². The predicted molar refractivity (Wildman–Crippen MR) is 74.3 cm³/mol. The number of hydrogen-bond acceptors (Lipinski definition) is 4. The molecule has 0 saturated carbocycles. The van der Waals surface area contributed by atoms with Crippen molar-refractivity contribution < 1.29 is 16.8 Å². The third kappa shape index (κ3) is 4.93. The maximum absolute atomic E-state index is 12.0. The quantitative estimate of drug-likeness (QED) is 0.775. The van der Waals surface area contributed by atoms with Crippen molar-refractivity contribution in [3.8, 4) is 0 Å². The number of sulfonamides is 1. The summed E-state index contributed by atoms with van der Waals surface area (Å²) in [5, 5.41) is 0. The molecule has 1 aromatic rings. The first-order valence-corrected chi connectivity index (χ1v) is 9.44. The van der Waals surface area contributed by atoms with E-state index in [4.69, 9.17) is 0 Å². The lowest BCUT2D eigenvalue weighted by Gasteiger charge is -2.07. The van der Waals surface area contributed by atoms with Gasteiger partial charge in [-0.1, -0.05) is 25.8 Å². The van der Waals surface area contributed by atoms with Crippen molar-refractivity contribution in [1.29, 1.82) is 0 Å². The van der Waals surface area contributed by atoms with Crippen LogP contribution in [0.25, 0.3) is 0 Å². The molecule has 0 saturated heterocycles. The molecule has 1 aromatic carbocycles. The zero-order valence-electron chi connectivity index (χ0n) is 11.1. The van der Waals surface area contributed by atoms with Crippen LogP contribution in [0.3, 0.4) is 0 Å². The first-order chi connectivity index (χ1) is 8.77. The summed E-state index contributed by atoms with van der Waals surface area (Å²) in [5.74, 6) is 0. The maximum Gasteiger partial charge on any atom is 0.240 e. The van der Waals surface area contributed by atoms with Crippen molar-refractivity contribution in [2.75, 3.05) is 12.8 Å². The summed E-state index contributed by atoms with van der Waals surface area (Å²) >= 11 is 0. The molecule has 0 atom stereocenters. The fourth-order valence-electron chi connectivity index (χ4n) is 1.54. The van der Waals surface area contributed by atoms with Crippen molar-refractivity contribution in [3.63, 3.8) is 0 Å². The van der Waals surface area contributed by atoms with Gasteiger partial charge in [-0.2, -0.15) is 0 Å². The summed E-state index contributed by atoms with van der Waals surface area (Å²) in [6.45, 7) is 2.39. The fraction of sp³-hybridized carbons (Fsp3) is 0.500. The van der Waals surface area contributed by atoms with E-state index in [0.717, 1.165) is 25.5 Å². The van der Waals surface area contributed by atoms with Crippen LogP contribution in [0.4, 0.5) is 0 Å². The van der Waals surface area contributed by atoms with Crippen LogP contribution in [-0.4, -0.2) is 29.6 Å². The molecule has 108 valence electrons. The van der Waals surface area contributed by atoms with Gasteiger partial charge >= 0.3 is 0 Å². The zero-order chi connectivity index (χ0) is 14.5. The van der Waals surface area contributed by atoms with Gasteiger partial charge in [0.2, 0.25) is 10.0 Å². The number of benzene rings is 1. The number of nitrogens with one attached hydrogen (secondary N) is 1. The van der Waals surface area contributed by atoms with E-state index in [2.05, 4.69) is 4.72 Å². The van der Waals surface area contributed by atoms with Crippen LogP contribution in [0, 0.1) is 0 Å². The standard InChI is InChI=1S/C12H19NO4S2/c1-3-4-5-9-13-19(16,17)12-8-6-7-11(10-12)18(2,14)15/h6-8,10,13H,3-5,9H2,1-2H3. The molecule has 1 rings (SSSR count). The van der Waals surface area contributed by atoms with E-state index in [9.17, 15) is 16.8 Å². The van der Waals surface area contributed by atoms with Gasteiger partial charge in [-0.15, -0.1) is 0 Å². The van der Waals surface area contributed by atoms with E-state index < -0.39 is 19.9 Å². The molecule has 7 heteroatoms. The highest BCUT2D eigenvalue weighted by Crippen LogP contribution is 2.15. The largest absolute Gasteiger partial charge is 0.240 e. The van der Waals surface area contributed by atoms with Crippen LogP contribution in [0.15, 0.2) is 34.1 Å². The van der Waals surface area contributed by atoms with Crippen molar-refractivity contribution in [3.05, 3.63) is 24.3 Å². The SMILES string of the molecule is CCCCCNS(=O)(=O)c1cccc(S(C)(=O)=O)c1. The molecule has 0 amide bonds. The Kier molecular flexibility index (Phi) is 5.51. The third-order valence-electron chi connectivity index (χ3n) is 2.62. The van der Waals surface area contributed by atoms with E-state index in [1.54, 1.807) is 0 Å². The van der Waals surface area contributed by atoms with Crippen molar-refractivity contribution in [2.45, 2.75) is 36.0 Å². The molecular weight excluding hydrogens is 286 g/mol. The summed E-state index contributed by atoms with van der Waals surface area (Å²) in [4.78, 5) is -0.0177. The molecule has 19 heavy (non-hydrogen) atoms. The van der Waals surface area contributed by atoms with E-state index in [1.165, 1.54) is 24.3 Å². The monoisotopic (exact) mass is 305 g/mol. The normalized spacial score (nSPS) is 12.5. The van der Waals surface area contributed by atoms with Crippen LogP contribution in [0.1, 0.15) is 26.2 Å². The molecule has 0 spiro atoms. The summed E-state index contributed by atoms with van der Waals surface area (Å²) < 4.78 is 49.2. The summed E-state index contributed by atoms with van der Waals surface area (Å²) in [7, 11) is -7.04. The van der Waals surface area contributed by atoms with Crippen LogP contribution < -0.4 is 4.72 Å². The van der Waals surface area contributed by atoms with Crippen LogP contribution in [-0.2, 0) is 19.9 Å². The lowest BCUT2D eigenvalue weighted by molar-refractivity contribution is 0.575. The van der Waals surface area contributed by atoms with Gasteiger partial charge in [0.05, 0.1) is 9.79 Å². The molecule has 0 heterocycles. The Balaban J connectivity index is 2.90. The van der Waals surface area contributed by atoms with E-state index in [0.29, 0.717) is 6.54 Å². The van der Waals surface area contributed by atoms with Gasteiger partial charge in [0.25, 0.3) is 0 Å². The Morgan fingerprint density at radius 1 is 1.05 bits per heavy atom. The van der Waals surface area contributed by atoms with E-state index >= 15 is 0 Å². The maximum atomic E-state index is 12.0. The first kappa shape index (κ1) is 16.1. The molecule has 0 aliphatic heterocycles. The Labute approximate surface area is 115 Å². The molecule has 0 fully saturated rings. The topological polar surface area (TPSA) is 80.3 Å². The average Bonchev–Trinajstić information content (AvgIpc) is 2.34. The first-order valence-electron chi connectivity index (χ1n) is 6.07. The number of rotatable bonds is 7. The summed E-state index contributed by atoms with van der Waals surface area (Å²) in [6.07, 6.45) is 3.77. The van der Waals surface area contributed by atoms with E-state index in [1.807, 2.05) is 6.92 Å². The van der Waals surface area contributed by atoms with Gasteiger partial charge in [-0.05, 0) is 24.6 Å². The second-order valence-corrected chi connectivity index (χ2v) is 8.13. The molecule has 5 nitrogen and oxygen atoms in total. The molecule has 0 radical (unpaired) electrons. The van der Waals surface area contributed by atoms with Crippen molar-refractivity contribution in [2.24, 2.45) is 0 Å². The second kappa shape index (κ2) is 6.49. The smallest absolute Gasteiger partial charge is 0.224 e. The molecule has 0 aromatic heterocycles. The molecule has 0 bridgehead atoms. The number of unbranched alkanes of at least 4 members (excludes halogenated alkanes) is 2. The molecule has 1 N–H and O–H groups in total. The van der Waals surface area contributed by atoms with Gasteiger partial charge in [-0.25, -0.2) is 21.6 Å². The Morgan fingerprint density at radius 3 is 2.26 bits per heavy atom. The Hall–Kier alpha value is -0.920. The average molecular weight is 305 g/mol. The van der Waals surface area contributed by atoms with Gasteiger partial charge in [0, 0.05) is 12.8 Å². The van der Waals surface area contributed by atoms with Crippen LogP contribution in [0.5, 0.6) is 0 Å². The molecule has 0 unspecified atom stereocenters. The lowest BCUT2D eigenvalue weighted by Crippen LogP contribution is -2.25. The Bertz CT molecular complexity index is 621. The number of hydrogen-bond donors (Lipinski definition) is 1. The minimum absolute atomic E-state index is 0.00364. The van der Waals surface area contributed by atoms with Crippen LogP contribution >= 0.6 is 0 Å². The molecule has 0 aliphatic rings. The zero-order valence-corrected chi connectivity index (χ0v) is 12.7. The number of sulfone groups is 1. The predicted octanol–water partition coefficient (Wildman–Crippen LogP) is 1.56. The second-order valence-electron chi connectivity index (χ2n) is 4.35. The summed E-state index contributed by atoms with van der Waals surface area (Å²) in [5.41, 5.74) is 0. The molecule has 0 aliphatic carbocycles. The van der Waals surface area contributed by atoms with Crippen molar-refractivity contribution >= 4 is 19.9 Å². The minimum Gasteiger partial charge on any atom is -0.224 e. The highest BCUT2D eigenvalue weighted by Gasteiger charge is 2.16. The summed E-state index contributed by atoms with van der Waals surface area (Å²) in [6, 6.07) is 5.37. The fourth-order valence-corrected chi connectivity index (χ4v) is 3.40. The van der Waals surface area contributed by atoms with E-state index in [-0.39, 0.29) is 9.79 Å². The lowest BCUT2D eigenvalue weighted by atomic mass is 10.3. The van der Waals surface area contributed by atoms with Crippen LogP contribution in [0.2, 0.25) is 0 Å². The van der Waals surface area contributed by atoms with Gasteiger partial charge < -0.3 is 0 Å². The molecular formula is C12H19NO4S2. The highest BCUT2D eigenvalue weighted by atomic mass is 32.2. The Morgan fingerprint density at radius 2 is 1.68 bits per heavy atom. The third-order valence-corrected chi connectivity index (χ3v) is 5.19. The van der Waals surface area contributed by atoms with Gasteiger partial charge in [-0.3, -0.25) is 0 Å². The van der Waals surface area contributed by atoms with Crippen molar-refractivity contribution in [1.82, 2.24) is 4.72 Å². The van der Waals surface area contributed by atoms with Gasteiger partial charge in [0.1, 0.15) is 0 Å². The minimum atomic E-state index is -3.64. The highest BCUT2D eigenvalue weighted by molar-refractivity contribution is 7.91.